The van der Waals surface area contributed by atoms with E-state index < -0.39 is 11.7 Å². The largest absolute Gasteiger partial charge is 0.416 e. The lowest BCUT2D eigenvalue weighted by molar-refractivity contribution is -0.137. The second-order valence-corrected chi connectivity index (χ2v) is 4.13. The molecule has 1 heterocycles. The Labute approximate surface area is 118 Å². The molecule has 0 fully saturated rings. The van der Waals surface area contributed by atoms with Gasteiger partial charge in [-0.1, -0.05) is 0 Å². The topological polar surface area (TPSA) is 79.2 Å². The van der Waals surface area contributed by atoms with Gasteiger partial charge in [0.1, 0.15) is 0 Å². The zero-order valence-corrected chi connectivity index (χ0v) is 10.7. The van der Waals surface area contributed by atoms with Crippen LogP contribution in [0.5, 0.6) is 0 Å². The van der Waals surface area contributed by atoms with Gasteiger partial charge in [-0.05, 0) is 36.4 Å². The molecule has 0 atom stereocenters. The normalized spacial score (nSPS) is 11.8. The molecule has 1 aromatic carbocycles. The second kappa shape index (κ2) is 5.70. The molecule has 0 saturated heterocycles. The molecule has 8 heteroatoms. The van der Waals surface area contributed by atoms with Crippen LogP contribution in [0.25, 0.3) is 5.69 Å². The van der Waals surface area contributed by atoms with Crippen molar-refractivity contribution in [2.75, 3.05) is 0 Å². The number of halogens is 3. The van der Waals surface area contributed by atoms with Crippen LogP contribution >= 0.6 is 0 Å². The first kappa shape index (κ1) is 14.6. The fourth-order valence-corrected chi connectivity index (χ4v) is 1.71. The minimum Gasteiger partial charge on any atom is -0.369 e. The number of alkyl halides is 3. The highest BCUT2D eigenvalue weighted by molar-refractivity contribution is 5.81. The first-order chi connectivity index (χ1) is 9.88. The zero-order valence-electron chi connectivity index (χ0n) is 10.7. The molecule has 1 aromatic heterocycles. The predicted molar refractivity (Wildman–Crippen MR) is 73.4 cm³/mol. The second-order valence-electron chi connectivity index (χ2n) is 4.13. The van der Waals surface area contributed by atoms with Gasteiger partial charge < -0.3 is 10.3 Å². The van der Waals surface area contributed by atoms with Gasteiger partial charge in [0.2, 0.25) is 5.96 Å². The van der Waals surface area contributed by atoms with E-state index in [1.165, 1.54) is 18.3 Å². The third-order valence-electron chi connectivity index (χ3n) is 2.63. The molecule has 0 aliphatic heterocycles. The van der Waals surface area contributed by atoms with Crippen LogP contribution in [0.4, 0.5) is 13.2 Å². The Hall–Kier alpha value is -2.77. The maximum absolute atomic E-state index is 12.5. The average molecular weight is 295 g/mol. The van der Waals surface area contributed by atoms with Crippen LogP contribution < -0.4 is 11.2 Å². The van der Waals surface area contributed by atoms with Crippen LogP contribution in [0.1, 0.15) is 11.3 Å². The van der Waals surface area contributed by atoms with E-state index in [0.717, 1.165) is 12.1 Å². The smallest absolute Gasteiger partial charge is 0.369 e. The molecule has 4 N–H and O–H groups in total. The highest BCUT2D eigenvalue weighted by Gasteiger charge is 2.29. The number of guanidine groups is 1. The van der Waals surface area contributed by atoms with Gasteiger partial charge in [0, 0.05) is 11.9 Å². The number of nitrogens with one attached hydrogen (secondary N) is 2. The summed E-state index contributed by atoms with van der Waals surface area (Å²) in [5, 5.41) is 10.7. The SMILES string of the molecule is N=C(N)NN=Cc1cccn1-c1ccc(C(F)(F)F)cc1. The molecule has 110 valence electrons. The highest BCUT2D eigenvalue weighted by Crippen LogP contribution is 2.29. The monoisotopic (exact) mass is 295 g/mol. The highest BCUT2D eigenvalue weighted by atomic mass is 19.4. The molecule has 0 saturated carbocycles. The number of aromatic nitrogens is 1. The van der Waals surface area contributed by atoms with E-state index in [2.05, 4.69) is 10.5 Å². The Morgan fingerprint density at radius 3 is 2.48 bits per heavy atom. The third kappa shape index (κ3) is 3.62. The summed E-state index contributed by atoms with van der Waals surface area (Å²) >= 11 is 0. The number of rotatable bonds is 3. The summed E-state index contributed by atoms with van der Waals surface area (Å²) in [6, 6.07) is 8.24. The van der Waals surface area contributed by atoms with Crippen LogP contribution in [-0.2, 0) is 6.18 Å². The molecule has 0 aliphatic carbocycles. The lowest BCUT2D eigenvalue weighted by Crippen LogP contribution is -2.25. The summed E-state index contributed by atoms with van der Waals surface area (Å²) in [6.45, 7) is 0. The molecule has 2 aromatic rings. The lowest BCUT2D eigenvalue weighted by Gasteiger charge is -2.09. The quantitative estimate of drug-likeness (QED) is 0.461. The number of nitrogens with two attached hydrogens (primary N) is 1. The minimum absolute atomic E-state index is 0.307. The number of hydrogen-bond acceptors (Lipinski definition) is 2. The fourth-order valence-electron chi connectivity index (χ4n) is 1.71. The van der Waals surface area contributed by atoms with Crippen LogP contribution in [-0.4, -0.2) is 16.7 Å². The van der Waals surface area contributed by atoms with E-state index in [4.69, 9.17) is 11.1 Å². The zero-order chi connectivity index (χ0) is 15.5. The Bertz CT molecular complexity index is 655. The summed E-state index contributed by atoms with van der Waals surface area (Å²) in [7, 11) is 0. The summed E-state index contributed by atoms with van der Waals surface area (Å²) in [6.07, 6.45) is -1.25. The molecule has 0 unspecified atom stereocenters. The van der Waals surface area contributed by atoms with Crippen molar-refractivity contribution in [1.29, 1.82) is 5.41 Å². The minimum atomic E-state index is -4.36. The van der Waals surface area contributed by atoms with Gasteiger partial charge in [0.25, 0.3) is 0 Å². The summed E-state index contributed by atoms with van der Waals surface area (Å²) < 4.78 is 39.2. The first-order valence-corrected chi connectivity index (χ1v) is 5.86. The molecule has 0 spiro atoms. The van der Waals surface area contributed by atoms with Gasteiger partial charge in [0.05, 0.1) is 17.5 Å². The first-order valence-electron chi connectivity index (χ1n) is 5.86. The van der Waals surface area contributed by atoms with E-state index in [1.807, 2.05) is 0 Å². The van der Waals surface area contributed by atoms with Crippen molar-refractivity contribution in [2.24, 2.45) is 10.8 Å². The number of hydrogen-bond donors (Lipinski definition) is 3. The van der Waals surface area contributed by atoms with Crippen molar-refractivity contribution in [3.05, 3.63) is 53.9 Å². The molecular formula is C13H12F3N5. The van der Waals surface area contributed by atoms with Crippen molar-refractivity contribution < 1.29 is 13.2 Å². The van der Waals surface area contributed by atoms with Gasteiger partial charge in [-0.3, -0.25) is 5.41 Å². The van der Waals surface area contributed by atoms with Crippen molar-refractivity contribution >= 4 is 12.2 Å². The van der Waals surface area contributed by atoms with Gasteiger partial charge in [-0.15, -0.1) is 0 Å². The van der Waals surface area contributed by atoms with Crippen molar-refractivity contribution in [3.63, 3.8) is 0 Å². The van der Waals surface area contributed by atoms with E-state index in [0.29, 0.717) is 11.4 Å². The van der Waals surface area contributed by atoms with E-state index in [-0.39, 0.29) is 5.96 Å². The molecular weight excluding hydrogens is 283 g/mol. The molecule has 0 radical (unpaired) electrons. The molecule has 2 rings (SSSR count). The predicted octanol–water partition coefficient (Wildman–Crippen LogP) is 2.31. The molecule has 0 bridgehead atoms. The number of hydrazone groups is 1. The van der Waals surface area contributed by atoms with E-state index >= 15 is 0 Å². The van der Waals surface area contributed by atoms with Crippen LogP contribution in [0.3, 0.4) is 0 Å². The van der Waals surface area contributed by atoms with Gasteiger partial charge >= 0.3 is 6.18 Å². The summed E-state index contributed by atoms with van der Waals surface area (Å²) in [4.78, 5) is 0. The molecule has 0 aliphatic rings. The van der Waals surface area contributed by atoms with Crippen molar-refractivity contribution in [1.82, 2.24) is 9.99 Å². The van der Waals surface area contributed by atoms with Gasteiger partial charge in [-0.2, -0.15) is 18.3 Å². The van der Waals surface area contributed by atoms with Crippen LogP contribution in [0, 0.1) is 5.41 Å². The Balaban J connectivity index is 2.25. The van der Waals surface area contributed by atoms with E-state index in [9.17, 15) is 13.2 Å². The van der Waals surface area contributed by atoms with Crippen LogP contribution in [0.15, 0.2) is 47.7 Å². The summed E-state index contributed by atoms with van der Waals surface area (Å²) in [5.74, 6) is -0.307. The standard InChI is InChI=1S/C13H12F3N5/c14-13(15,16)9-3-5-10(6-4-9)21-7-1-2-11(21)8-19-20-12(17)18/h1-8H,(H4,17,18,20). The van der Waals surface area contributed by atoms with E-state index in [1.54, 1.807) is 22.9 Å². The average Bonchev–Trinajstić information content (AvgIpc) is 2.86. The molecule has 21 heavy (non-hydrogen) atoms. The van der Waals surface area contributed by atoms with Gasteiger partial charge in [0.15, 0.2) is 0 Å². The Kier molecular flexibility index (Phi) is 3.97. The molecule has 0 amide bonds. The number of benzene rings is 1. The lowest BCUT2D eigenvalue weighted by atomic mass is 10.2. The third-order valence-corrected chi connectivity index (χ3v) is 2.63. The maximum atomic E-state index is 12.5. The summed E-state index contributed by atoms with van der Waals surface area (Å²) in [5.41, 5.74) is 7.84. The van der Waals surface area contributed by atoms with Crippen molar-refractivity contribution in [2.45, 2.75) is 6.18 Å². The maximum Gasteiger partial charge on any atom is 0.416 e. The Morgan fingerprint density at radius 2 is 1.90 bits per heavy atom. The molecule has 5 nitrogen and oxygen atoms in total. The van der Waals surface area contributed by atoms with Crippen LogP contribution in [0.2, 0.25) is 0 Å². The number of nitrogens with zero attached hydrogens (tertiary/aromatic N) is 2. The van der Waals surface area contributed by atoms with Crippen molar-refractivity contribution in [3.8, 4) is 5.69 Å². The fraction of sp³-hybridized carbons (Fsp3) is 0.0769. The Morgan fingerprint density at radius 1 is 1.24 bits per heavy atom. The van der Waals surface area contributed by atoms with Gasteiger partial charge in [-0.25, -0.2) is 5.43 Å².